The highest BCUT2D eigenvalue weighted by atomic mass is 32.2. The third kappa shape index (κ3) is 2.28. The molecule has 0 bridgehead atoms. The average Bonchev–Trinajstić information content (AvgIpc) is 3.13. The molecule has 1 amide bonds. The van der Waals surface area contributed by atoms with Gasteiger partial charge < -0.3 is 5.73 Å². The Labute approximate surface area is 134 Å². The van der Waals surface area contributed by atoms with E-state index in [-0.39, 0.29) is 11.3 Å². The molecule has 0 spiro atoms. The summed E-state index contributed by atoms with van der Waals surface area (Å²) in [6.45, 7) is 0. The zero-order valence-corrected chi connectivity index (χ0v) is 13.1. The summed E-state index contributed by atoms with van der Waals surface area (Å²) in [6.07, 6.45) is 3.52. The second-order valence-electron chi connectivity index (χ2n) is 5.90. The monoisotopic (exact) mass is 310 g/mol. The van der Waals surface area contributed by atoms with Gasteiger partial charge in [-0.05, 0) is 60.2 Å². The van der Waals surface area contributed by atoms with Gasteiger partial charge in [-0.1, -0.05) is 18.2 Å². The minimum atomic E-state index is 0.0487. The van der Waals surface area contributed by atoms with Crippen LogP contribution in [0, 0.1) is 0 Å². The summed E-state index contributed by atoms with van der Waals surface area (Å²) < 4.78 is 0. The molecule has 2 aromatic rings. The molecule has 0 radical (unpaired) electrons. The van der Waals surface area contributed by atoms with Crippen molar-refractivity contribution >= 4 is 29.0 Å². The van der Waals surface area contributed by atoms with Crippen LogP contribution in [0.5, 0.6) is 0 Å². The minimum absolute atomic E-state index is 0.0487. The van der Waals surface area contributed by atoms with E-state index in [1.54, 1.807) is 11.8 Å². The standard InChI is InChI=1S/C18H18N2OS/c19-15-7-4-13(5-8-15)18-20(17(21)11-22-18)16-9-6-12-2-1-3-14(12)10-16/h4-10,18H,1-3,11,19H2. The number of thioether (sulfide) groups is 1. The molecule has 4 rings (SSSR count). The van der Waals surface area contributed by atoms with E-state index >= 15 is 0 Å². The maximum Gasteiger partial charge on any atom is 0.238 e. The molecule has 1 saturated heterocycles. The quantitative estimate of drug-likeness (QED) is 0.863. The Morgan fingerprint density at radius 2 is 1.82 bits per heavy atom. The molecular weight excluding hydrogens is 292 g/mol. The maximum absolute atomic E-state index is 12.4. The lowest BCUT2D eigenvalue weighted by molar-refractivity contribution is -0.115. The Hall–Kier alpha value is -1.94. The van der Waals surface area contributed by atoms with Gasteiger partial charge in [0.05, 0.1) is 5.75 Å². The second-order valence-corrected chi connectivity index (χ2v) is 6.97. The summed E-state index contributed by atoms with van der Waals surface area (Å²) in [4.78, 5) is 14.3. The van der Waals surface area contributed by atoms with Gasteiger partial charge >= 0.3 is 0 Å². The van der Waals surface area contributed by atoms with Gasteiger partial charge in [-0.15, -0.1) is 11.8 Å². The molecule has 3 nitrogen and oxygen atoms in total. The smallest absolute Gasteiger partial charge is 0.238 e. The normalized spacial score (nSPS) is 20.5. The van der Waals surface area contributed by atoms with Crippen LogP contribution in [-0.4, -0.2) is 11.7 Å². The number of amides is 1. The zero-order valence-electron chi connectivity index (χ0n) is 12.3. The Kier molecular flexibility index (Phi) is 3.34. The van der Waals surface area contributed by atoms with Gasteiger partial charge in [0.2, 0.25) is 5.91 Å². The SMILES string of the molecule is Nc1ccc(C2SCC(=O)N2c2ccc3c(c2)CCC3)cc1. The molecule has 22 heavy (non-hydrogen) atoms. The number of nitrogens with zero attached hydrogens (tertiary/aromatic N) is 1. The predicted molar refractivity (Wildman–Crippen MR) is 92.0 cm³/mol. The number of hydrogen-bond acceptors (Lipinski definition) is 3. The van der Waals surface area contributed by atoms with Crippen molar-refractivity contribution in [2.75, 3.05) is 16.4 Å². The molecule has 1 fully saturated rings. The van der Waals surface area contributed by atoms with Crippen LogP contribution in [0.3, 0.4) is 0 Å². The summed E-state index contributed by atoms with van der Waals surface area (Å²) in [5, 5.41) is 0.0487. The van der Waals surface area contributed by atoms with E-state index in [0.717, 1.165) is 23.4 Å². The molecule has 1 atom stereocenters. The Morgan fingerprint density at radius 1 is 1.05 bits per heavy atom. The summed E-state index contributed by atoms with van der Waals surface area (Å²) in [5.41, 5.74) is 11.5. The predicted octanol–water partition coefficient (Wildman–Crippen LogP) is 3.54. The first-order valence-electron chi connectivity index (χ1n) is 7.63. The zero-order chi connectivity index (χ0) is 15.1. The Bertz CT molecular complexity index is 726. The molecule has 2 N–H and O–H groups in total. The van der Waals surface area contributed by atoms with E-state index in [4.69, 9.17) is 5.73 Å². The number of benzene rings is 2. The molecule has 2 aromatic carbocycles. The average molecular weight is 310 g/mol. The third-order valence-electron chi connectivity index (χ3n) is 4.45. The lowest BCUT2D eigenvalue weighted by Gasteiger charge is -2.25. The molecule has 1 aliphatic carbocycles. The number of fused-ring (bicyclic) bond motifs is 1. The lowest BCUT2D eigenvalue weighted by atomic mass is 10.1. The van der Waals surface area contributed by atoms with Crippen molar-refractivity contribution in [3.63, 3.8) is 0 Å². The van der Waals surface area contributed by atoms with E-state index in [0.29, 0.717) is 5.75 Å². The largest absolute Gasteiger partial charge is 0.399 e. The van der Waals surface area contributed by atoms with E-state index < -0.39 is 0 Å². The molecule has 1 unspecified atom stereocenters. The van der Waals surface area contributed by atoms with Gasteiger partial charge in [0.25, 0.3) is 0 Å². The van der Waals surface area contributed by atoms with Crippen LogP contribution in [0.15, 0.2) is 42.5 Å². The van der Waals surface area contributed by atoms with E-state index in [1.165, 1.54) is 24.0 Å². The second kappa shape index (κ2) is 5.36. The number of rotatable bonds is 2. The minimum Gasteiger partial charge on any atom is -0.399 e. The van der Waals surface area contributed by atoms with Crippen molar-refractivity contribution in [2.24, 2.45) is 0 Å². The van der Waals surface area contributed by atoms with E-state index in [2.05, 4.69) is 18.2 Å². The number of carbonyl (C=O) groups is 1. The topological polar surface area (TPSA) is 46.3 Å². The molecule has 112 valence electrons. The molecule has 4 heteroatoms. The maximum atomic E-state index is 12.4. The van der Waals surface area contributed by atoms with Crippen molar-refractivity contribution in [2.45, 2.75) is 24.6 Å². The molecule has 1 heterocycles. The highest BCUT2D eigenvalue weighted by Crippen LogP contribution is 2.42. The van der Waals surface area contributed by atoms with Crippen molar-refractivity contribution in [3.05, 3.63) is 59.2 Å². The summed E-state index contributed by atoms with van der Waals surface area (Å²) in [6, 6.07) is 14.3. The summed E-state index contributed by atoms with van der Waals surface area (Å²) in [7, 11) is 0. The number of anilines is 2. The van der Waals surface area contributed by atoms with E-state index in [9.17, 15) is 4.79 Å². The molecule has 1 aliphatic heterocycles. The molecule has 0 saturated carbocycles. The van der Waals surface area contributed by atoms with Crippen LogP contribution in [-0.2, 0) is 17.6 Å². The van der Waals surface area contributed by atoms with Gasteiger partial charge in [-0.25, -0.2) is 0 Å². The van der Waals surface area contributed by atoms with Gasteiger partial charge in [0.15, 0.2) is 0 Å². The molecule has 0 aromatic heterocycles. The lowest BCUT2D eigenvalue weighted by Crippen LogP contribution is -2.27. The third-order valence-corrected chi connectivity index (χ3v) is 5.66. The highest BCUT2D eigenvalue weighted by molar-refractivity contribution is 8.00. The first kappa shape index (κ1) is 13.7. The van der Waals surface area contributed by atoms with Crippen LogP contribution in [0.1, 0.15) is 28.5 Å². The molecular formula is C18H18N2OS. The fourth-order valence-corrected chi connectivity index (χ4v) is 4.50. The molecule has 2 aliphatic rings. The first-order chi connectivity index (χ1) is 10.7. The first-order valence-corrected chi connectivity index (χ1v) is 8.68. The van der Waals surface area contributed by atoms with Gasteiger partial charge in [-0.3, -0.25) is 9.69 Å². The number of nitrogen functional groups attached to an aromatic ring is 1. The number of aryl methyl sites for hydroxylation is 2. The van der Waals surface area contributed by atoms with Crippen LogP contribution in [0.2, 0.25) is 0 Å². The van der Waals surface area contributed by atoms with E-state index in [1.807, 2.05) is 29.2 Å². The highest BCUT2D eigenvalue weighted by Gasteiger charge is 2.34. The number of nitrogens with two attached hydrogens (primary N) is 1. The summed E-state index contributed by atoms with van der Waals surface area (Å²) >= 11 is 1.68. The summed E-state index contributed by atoms with van der Waals surface area (Å²) in [5.74, 6) is 0.719. The number of carbonyl (C=O) groups excluding carboxylic acids is 1. The van der Waals surface area contributed by atoms with Crippen LogP contribution in [0.25, 0.3) is 0 Å². The van der Waals surface area contributed by atoms with Crippen LogP contribution < -0.4 is 10.6 Å². The van der Waals surface area contributed by atoms with Gasteiger partial charge in [0.1, 0.15) is 5.37 Å². The fraction of sp³-hybridized carbons (Fsp3) is 0.278. The van der Waals surface area contributed by atoms with Gasteiger partial charge in [0, 0.05) is 11.4 Å². The number of hydrogen-bond donors (Lipinski definition) is 1. The van der Waals surface area contributed by atoms with Crippen molar-refractivity contribution in [1.29, 1.82) is 0 Å². The fourth-order valence-electron chi connectivity index (χ4n) is 3.32. The van der Waals surface area contributed by atoms with Crippen LogP contribution in [0.4, 0.5) is 11.4 Å². The van der Waals surface area contributed by atoms with Crippen molar-refractivity contribution in [3.8, 4) is 0 Å². The van der Waals surface area contributed by atoms with Crippen molar-refractivity contribution < 1.29 is 4.79 Å². The Morgan fingerprint density at radius 3 is 2.64 bits per heavy atom. The van der Waals surface area contributed by atoms with Crippen molar-refractivity contribution in [1.82, 2.24) is 0 Å². The Balaban J connectivity index is 1.71. The van der Waals surface area contributed by atoms with Gasteiger partial charge in [-0.2, -0.15) is 0 Å². The van der Waals surface area contributed by atoms with Crippen LogP contribution >= 0.6 is 11.8 Å².